The Hall–Kier alpha value is -3.64. The van der Waals surface area contributed by atoms with Crippen molar-refractivity contribution in [2.24, 2.45) is 5.92 Å². The summed E-state index contributed by atoms with van der Waals surface area (Å²) in [7, 11) is 0. The standard InChI is InChI=1S/C14H16.C11H14.C11H16.C10H14/c1-3-11(2)13-10-6-8-12-7-4-5-9-14(12)13;1-8-7-10-5-3-4-6-11(10)9(8)2;1-4-11(2,3)10-8-6-5-7-9-10;1-3-9(2)10-7-5-4-6-8-10/h4-11H,3H2,1-2H3;3-6,8-9H,7H2,1-2H3;5-9H,4H2,1-3H3;4-9H,3H2,1-2H3. The highest BCUT2D eigenvalue weighted by Crippen LogP contribution is 2.36. The SMILES string of the molecule is CC1Cc2ccccc2C1C.CCC(C)(C)c1ccccc1.CCC(C)c1cccc2ccccc12.CCC(C)c1ccccc1. The highest BCUT2D eigenvalue weighted by Gasteiger charge is 2.24. The summed E-state index contributed by atoms with van der Waals surface area (Å²) in [5, 5.41) is 2.76. The van der Waals surface area contributed by atoms with E-state index in [1.54, 1.807) is 11.1 Å². The van der Waals surface area contributed by atoms with E-state index in [0.29, 0.717) is 17.3 Å². The summed E-state index contributed by atoms with van der Waals surface area (Å²) < 4.78 is 0. The van der Waals surface area contributed by atoms with E-state index in [1.807, 2.05) is 0 Å². The van der Waals surface area contributed by atoms with Crippen molar-refractivity contribution in [3.63, 3.8) is 0 Å². The van der Waals surface area contributed by atoms with Crippen LogP contribution in [0.5, 0.6) is 0 Å². The third-order valence-corrected chi connectivity index (χ3v) is 10.3. The molecule has 0 saturated heterocycles. The highest BCUT2D eigenvalue weighted by molar-refractivity contribution is 5.86. The lowest BCUT2D eigenvalue weighted by molar-refractivity contribution is 0.506. The maximum atomic E-state index is 2.34. The van der Waals surface area contributed by atoms with Gasteiger partial charge >= 0.3 is 0 Å². The van der Waals surface area contributed by atoms with Crippen LogP contribution in [0.25, 0.3) is 10.8 Å². The Balaban J connectivity index is 0.000000168. The van der Waals surface area contributed by atoms with E-state index in [9.17, 15) is 0 Å². The van der Waals surface area contributed by atoms with Crippen molar-refractivity contribution in [3.8, 4) is 0 Å². The fraction of sp³-hybridized carbons (Fsp3) is 0.391. The second-order valence-corrected chi connectivity index (χ2v) is 13.9. The summed E-state index contributed by atoms with van der Waals surface area (Å²) >= 11 is 0. The first-order chi connectivity index (χ1) is 22.1. The molecule has 1 aliphatic rings. The lowest BCUT2D eigenvalue weighted by Crippen LogP contribution is -2.14. The molecule has 0 aliphatic heterocycles. The molecule has 0 heterocycles. The zero-order chi connectivity index (χ0) is 33.5. The van der Waals surface area contributed by atoms with Gasteiger partial charge in [0.1, 0.15) is 0 Å². The molecular weight excluding hydrogens is 553 g/mol. The van der Waals surface area contributed by atoms with E-state index < -0.39 is 0 Å². The average molecular weight is 613 g/mol. The molecule has 0 radical (unpaired) electrons. The van der Waals surface area contributed by atoms with Gasteiger partial charge in [-0.2, -0.15) is 0 Å². The van der Waals surface area contributed by atoms with E-state index in [2.05, 4.69) is 190 Å². The fourth-order valence-electron chi connectivity index (χ4n) is 6.01. The first-order valence-electron chi connectivity index (χ1n) is 17.8. The number of hydrogen-bond acceptors (Lipinski definition) is 0. The van der Waals surface area contributed by atoms with E-state index in [0.717, 1.165) is 11.8 Å². The van der Waals surface area contributed by atoms with Crippen LogP contribution in [0.3, 0.4) is 0 Å². The average Bonchev–Trinajstić information content (AvgIpc) is 3.41. The van der Waals surface area contributed by atoms with Crippen LogP contribution < -0.4 is 0 Å². The topological polar surface area (TPSA) is 0 Å². The summed E-state index contributed by atoms with van der Waals surface area (Å²) in [6.45, 7) is 20.5. The van der Waals surface area contributed by atoms with Crippen molar-refractivity contribution in [3.05, 3.63) is 155 Å². The molecule has 4 unspecified atom stereocenters. The minimum Gasteiger partial charge on any atom is -0.0648 e. The molecule has 0 amide bonds. The lowest BCUT2D eigenvalue weighted by atomic mass is 9.82. The van der Waals surface area contributed by atoms with E-state index in [-0.39, 0.29) is 0 Å². The summed E-state index contributed by atoms with van der Waals surface area (Å²) in [4.78, 5) is 0. The van der Waals surface area contributed by atoms with Crippen LogP contribution in [0, 0.1) is 5.92 Å². The van der Waals surface area contributed by atoms with Crippen LogP contribution >= 0.6 is 0 Å². The van der Waals surface area contributed by atoms with Crippen molar-refractivity contribution < 1.29 is 0 Å². The summed E-state index contributed by atoms with van der Waals surface area (Å²) in [5.74, 6) is 2.97. The highest BCUT2D eigenvalue weighted by atomic mass is 14.3. The third-order valence-electron chi connectivity index (χ3n) is 10.3. The Labute approximate surface area is 282 Å². The van der Waals surface area contributed by atoms with Crippen LogP contribution in [0.2, 0.25) is 0 Å². The molecule has 0 N–H and O–H groups in total. The Kier molecular flexibility index (Phi) is 14.8. The number of hydrogen-bond donors (Lipinski definition) is 0. The Morgan fingerprint density at radius 2 is 1.15 bits per heavy atom. The van der Waals surface area contributed by atoms with Gasteiger partial charge in [0.05, 0.1) is 0 Å². The Bertz CT molecular complexity index is 1540. The van der Waals surface area contributed by atoms with E-state index in [4.69, 9.17) is 0 Å². The first-order valence-corrected chi connectivity index (χ1v) is 17.8. The molecular formula is C46H60. The summed E-state index contributed by atoms with van der Waals surface area (Å²) in [6, 6.07) is 45.3. The molecule has 244 valence electrons. The van der Waals surface area contributed by atoms with Gasteiger partial charge in [0.2, 0.25) is 0 Å². The Morgan fingerprint density at radius 3 is 1.76 bits per heavy atom. The first kappa shape index (κ1) is 36.8. The zero-order valence-electron chi connectivity index (χ0n) is 30.3. The predicted molar refractivity (Wildman–Crippen MR) is 205 cm³/mol. The normalized spacial score (nSPS) is 16.4. The van der Waals surface area contributed by atoms with Crippen molar-refractivity contribution in [2.75, 3.05) is 0 Å². The van der Waals surface area contributed by atoms with E-state index in [1.165, 1.54) is 53.1 Å². The minimum absolute atomic E-state index is 0.335. The predicted octanol–water partition coefficient (Wildman–Crippen LogP) is 13.9. The minimum atomic E-state index is 0.335. The van der Waals surface area contributed by atoms with Crippen LogP contribution in [-0.4, -0.2) is 0 Å². The van der Waals surface area contributed by atoms with Gasteiger partial charge in [-0.3, -0.25) is 0 Å². The molecule has 0 heteroatoms. The van der Waals surface area contributed by atoms with Gasteiger partial charge in [0.15, 0.2) is 0 Å². The molecule has 0 saturated carbocycles. The van der Waals surface area contributed by atoms with Gasteiger partial charge in [0, 0.05) is 0 Å². The van der Waals surface area contributed by atoms with Crippen LogP contribution in [-0.2, 0) is 11.8 Å². The lowest BCUT2D eigenvalue weighted by Gasteiger charge is -2.22. The largest absolute Gasteiger partial charge is 0.0648 e. The molecule has 0 spiro atoms. The van der Waals surface area contributed by atoms with Gasteiger partial charge in [-0.25, -0.2) is 0 Å². The molecule has 5 aromatic rings. The fourth-order valence-corrected chi connectivity index (χ4v) is 6.01. The molecule has 0 fully saturated rings. The van der Waals surface area contributed by atoms with Gasteiger partial charge in [-0.1, -0.05) is 190 Å². The van der Waals surface area contributed by atoms with Crippen molar-refractivity contribution >= 4 is 10.8 Å². The molecule has 0 bridgehead atoms. The zero-order valence-corrected chi connectivity index (χ0v) is 30.3. The number of rotatable bonds is 6. The van der Waals surface area contributed by atoms with Gasteiger partial charge in [-0.05, 0) is 93.4 Å². The summed E-state index contributed by atoms with van der Waals surface area (Å²) in [5.41, 5.74) is 7.83. The van der Waals surface area contributed by atoms with Crippen LogP contribution in [0.4, 0.5) is 0 Å². The van der Waals surface area contributed by atoms with Gasteiger partial charge in [0.25, 0.3) is 0 Å². The van der Waals surface area contributed by atoms with E-state index >= 15 is 0 Å². The molecule has 1 aliphatic carbocycles. The van der Waals surface area contributed by atoms with Crippen LogP contribution in [0.1, 0.15) is 127 Å². The molecule has 0 aromatic heterocycles. The summed E-state index contributed by atoms with van der Waals surface area (Å²) in [6.07, 6.45) is 4.90. The smallest absolute Gasteiger partial charge is 0.0106 e. The van der Waals surface area contributed by atoms with Crippen molar-refractivity contribution in [1.29, 1.82) is 0 Å². The van der Waals surface area contributed by atoms with Gasteiger partial charge < -0.3 is 0 Å². The molecule has 5 aromatic carbocycles. The maximum Gasteiger partial charge on any atom is -0.0106 e. The second-order valence-electron chi connectivity index (χ2n) is 13.9. The maximum absolute atomic E-state index is 2.34. The molecule has 4 atom stereocenters. The number of benzene rings is 5. The third kappa shape index (κ3) is 10.4. The monoisotopic (exact) mass is 612 g/mol. The molecule has 46 heavy (non-hydrogen) atoms. The van der Waals surface area contributed by atoms with Crippen molar-refractivity contribution in [1.82, 2.24) is 0 Å². The van der Waals surface area contributed by atoms with Crippen LogP contribution in [0.15, 0.2) is 127 Å². The Morgan fingerprint density at radius 1 is 0.609 bits per heavy atom. The number of fused-ring (bicyclic) bond motifs is 2. The van der Waals surface area contributed by atoms with Crippen molar-refractivity contribution in [2.45, 2.75) is 111 Å². The molecule has 0 nitrogen and oxygen atoms in total. The quantitative estimate of drug-likeness (QED) is 0.179. The van der Waals surface area contributed by atoms with Gasteiger partial charge in [-0.15, -0.1) is 0 Å². The second kappa shape index (κ2) is 18.5. The molecule has 6 rings (SSSR count).